The molecule has 5 heteroatoms. The van der Waals surface area contributed by atoms with Crippen molar-refractivity contribution in [3.8, 4) is 0 Å². The van der Waals surface area contributed by atoms with Crippen molar-refractivity contribution < 1.29 is 9.53 Å². The number of H-pyrrole nitrogens is 1. The number of fused-ring (bicyclic) bond motifs is 1. The van der Waals surface area contributed by atoms with Crippen LogP contribution in [0.15, 0.2) is 47.4 Å². The number of pyridine rings is 1. The lowest BCUT2D eigenvalue weighted by Gasteiger charge is -2.34. The van der Waals surface area contributed by atoms with E-state index in [0.29, 0.717) is 31.7 Å². The molecule has 0 amide bonds. The van der Waals surface area contributed by atoms with E-state index < -0.39 is 6.04 Å². The molecule has 3 rings (SSSR count). The Labute approximate surface area is 134 Å². The van der Waals surface area contributed by atoms with Gasteiger partial charge in [-0.1, -0.05) is 30.3 Å². The summed E-state index contributed by atoms with van der Waals surface area (Å²) >= 11 is 0. The van der Waals surface area contributed by atoms with Crippen LogP contribution in [0.25, 0.3) is 0 Å². The monoisotopic (exact) mass is 312 g/mol. The van der Waals surface area contributed by atoms with E-state index in [4.69, 9.17) is 4.74 Å². The second kappa shape index (κ2) is 6.79. The first-order chi connectivity index (χ1) is 11.2. The van der Waals surface area contributed by atoms with E-state index in [2.05, 4.69) is 4.98 Å². The average molecular weight is 312 g/mol. The molecule has 0 saturated heterocycles. The predicted molar refractivity (Wildman–Crippen MR) is 87.0 cm³/mol. The SMILES string of the molecule is CCOC(=O)C1c2c([nH]ccc2=O)CCN1Cc1ccccc1. The summed E-state index contributed by atoms with van der Waals surface area (Å²) in [5, 5.41) is 0. The molecule has 0 bridgehead atoms. The maximum absolute atomic E-state index is 12.5. The zero-order chi connectivity index (χ0) is 16.2. The third kappa shape index (κ3) is 3.19. The first kappa shape index (κ1) is 15.5. The maximum atomic E-state index is 12.5. The smallest absolute Gasteiger partial charge is 0.328 e. The van der Waals surface area contributed by atoms with Gasteiger partial charge >= 0.3 is 5.97 Å². The van der Waals surface area contributed by atoms with E-state index in [9.17, 15) is 9.59 Å². The molecule has 0 aliphatic carbocycles. The highest BCUT2D eigenvalue weighted by Gasteiger charge is 2.36. The Morgan fingerprint density at radius 1 is 1.30 bits per heavy atom. The van der Waals surface area contributed by atoms with Crippen LogP contribution < -0.4 is 5.43 Å². The number of aromatic nitrogens is 1. The number of aromatic amines is 1. The van der Waals surface area contributed by atoms with Gasteiger partial charge in [0.1, 0.15) is 6.04 Å². The van der Waals surface area contributed by atoms with Crippen LogP contribution in [0.1, 0.15) is 29.8 Å². The molecule has 0 spiro atoms. The van der Waals surface area contributed by atoms with Crippen molar-refractivity contribution in [3.63, 3.8) is 0 Å². The molecule has 120 valence electrons. The molecule has 5 nitrogen and oxygen atoms in total. The van der Waals surface area contributed by atoms with Gasteiger partial charge in [0, 0.05) is 43.0 Å². The van der Waals surface area contributed by atoms with Gasteiger partial charge in [-0.25, -0.2) is 4.79 Å². The van der Waals surface area contributed by atoms with Crippen molar-refractivity contribution >= 4 is 5.97 Å². The molecule has 0 fully saturated rings. The van der Waals surface area contributed by atoms with E-state index in [1.807, 2.05) is 35.2 Å². The van der Waals surface area contributed by atoms with Crippen LogP contribution in [-0.4, -0.2) is 29.0 Å². The van der Waals surface area contributed by atoms with Gasteiger partial charge in [0.15, 0.2) is 5.43 Å². The number of hydrogen-bond donors (Lipinski definition) is 1. The summed E-state index contributed by atoms with van der Waals surface area (Å²) in [5.74, 6) is -0.360. The summed E-state index contributed by atoms with van der Waals surface area (Å²) in [6, 6.07) is 10.8. The van der Waals surface area contributed by atoms with Gasteiger partial charge < -0.3 is 9.72 Å². The summed E-state index contributed by atoms with van der Waals surface area (Å²) in [4.78, 5) is 29.9. The number of hydrogen-bond acceptors (Lipinski definition) is 4. The average Bonchev–Trinajstić information content (AvgIpc) is 2.56. The molecule has 1 aliphatic heterocycles. The minimum absolute atomic E-state index is 0.116. The maximum Gasteiger partial charge on any atom is 0.328 e. The first-order valence-electron chi connectivity index (χ1n) is 7.85. The van der Waals surface area contributed by atoms with Crippen molar-refractivity contribution in [1.82, 2.24) is 9.88 Å². The Morgan fingerprint density at radius 2 is 2.09 bits per heavy atom. The van der Waals surface area contributed by atoms with Gasteiger partial charge in [0.25, 0.3) is 0 Å². The van der Waals surface area contributed by atoms with Crippen molar-refractivity contribution in [2.24, 2.45) is 0 Å². The Kier molecular flexibility index (Phi) is 4.57. The number of nitrogens with zero attached hydrogens (tertiary/aromatic N) is 1. The third-order valence-corrected chi connectivity index (χ3v) is 4.11. The van der Waals surface area contributed by atoms with E-state index in [1.54, 1.807) is 13.1 Å². The molecule has 1 unspecified atom stereocenters. The van der Waals surface area contributed by atoms with E-state index in [-0.39, 0.29) is 11.4 Å². The lowest BCUT2D eigenvalue weighted by atomic mass is 9.95. The summed E-state index contributed by atoms with van der Waals surface area (Å²) in [7, 11) is 0. The Bertz CT molecular complexity index is 739. The minimum Gasteiger partial charge on any atom is -0.465 e. The zero-order valence-corrected chi connectivity index (χ0v) is 13.1. The Morgan fingerprint density at radius 3 is 2.83 bits per heavy atom. The highest BCUT2D eigenvalue weighted by molar-refractivity contribution is 5.78. The topological polar surface area (TPSA) is 62.4 Å². The van der Waals surface area contributed by atoms with E-state index in [1.165, 1.54) is 6.07 Å². The normalized spacial score (nSPS) is 17.5. The summed E-state index contributed by atoms with van der Waals surface area (Å²) in [5.41, 5.74) is 2.35. The molecule has 1 N–H and O–H groups in total. The highest BCUT2D eigenvalue weighted by atomic mass is 16.5. The van der Waals surface area contributed by atoms with Gasteiger partial charge in [0.2, 0.25) is 0 Å². The summed E-state index contributed by atoms with van der Waals surface area (Å²) < 4.78 is 5.23. The van der Waals surface area contributed by atoms with Crippen molar-refractivity contribution in [3.05, 3.63) is 69.6 Å². The van der Waals surface area contributed by atoms with Gasteiger partial charge in [-0.3, -0.25) is 9.69 Å². The molecule has 0 saturated carbocycles. The molecule has 2 aromatic rings. The fraction of sp³-hybridized carbons (Fsp3) is 0.333. The largest absolute Gasteiger partial charge is 0.465 e. The van der Waals surface area contributed by atoms with Crippen molar-refractivity contribution in [2.45, 2.75) is 25.9 Å². The van der Waals surface area contributed by atoms with E-state index in [0.717, 1.165) is 11.3 Å². The van der Waals surface area contributed by atoms with Crippen LogP contribution in [0.3, 0.4) is 0 Å². The predicted octanol–water partition coefficient (Wildman–Crippen LogP) is 2.04. The quantitative estimate of drug-likeness (QED) is 0.878. The van der Waals surface area contributed by atoms with Gasteiger partial charge in [-0.05, 0) is 12.5 Å². The zero-order valence-electron chi connectivity index (χ0n) is 13.1. The molecule has 1 atom stereocenters. The molecular weight excluding hydrogens is 292 g/mol. The molecule has 23 heavy (non-hydrogen) atoms. The lowest BCUT2D eigenvalue weighted by molar-refractivity contribution is -0.150. The number of carbonyl (C=O) groups is 1. The van der Waals surface area contributed by atoms with Gasteiger partial charge in [-0.2, -0.15) is 0 Å². The van der Waals surface area contributed by atoms with Crippen molar-refractivity contribution in [2.75, 3.05) is 13.2 Å². The van der Waals surface area contributed by atoms with Crippen molar-refractivity contribution in [1.29, 1.82) is 0 Å². The minimum atomic E-state index is -0.649. The second-order valence-electron chi connectivity index (χ2n) is 5.59. The Hall–Kier alpha value is -2.40. The fourth-order valence-electron chi connectivity index (χ4n) is 3.08. The number of nitrogens with one attached hydrogen (secondary N) is 1. The molecule has 2 heterocycles. The van der Waals surface area contributed by atoms with Crippen LogP contribution in [0.4, 0.5) is 0 Å². The van der Waals surface area contributed by atoms with Crippen LogP contribution >= 0.6 is 0 Å². The number of esters is 1. The first-order valence-corrected chi connectivity index (χ1v) is 7.85. The van der Waals surface area contributed by atoms with Crippen LogP contribution in [0.5, 0.6) is 0 Å². The summed E-state index contributed by atoms with van der Waals surface area (Å²) in [6.45, 7) is 3.39. The number of rotatable bonds is 4. The van der Waals surface area contributed by atoms with Gasteiger partial charge in [0.05, 0.1) is 6.61 Å². The molecule has 1 aliphatic rings. The van der Waals surface area contributed by atoms with E-state index >= 15 is 0 Å². The second-order valence-corrected chi connectivity index (χ2v) is 5.59. The molecular formula is C18H20N2O3. The highest BCUT2D eigenvalue weighted by Crippen LogP contribution is 2.28. The van der Waals surface area contributed by atoms with Crippen LogP contribution in [0.2, 0.25) is 0 Å². The third-order valence-electron chi connectivity index (χ3n) is 4.11. The number of carbonyl (C=O) groups excluding carboxylic acids is 1. The molecule has 1 aromatic carbocycles. The van der Waals surface area contributed by atoms with Crippen LogP contribution in [0, 0.1) is 0 Å². The van der Waals surface area contributed by atoms with Crippen LogP contribution in [-0.2, 0) is 22.5 Å². The standard InChI is InChI=1S/C18H20N2O3/c1-2-23-18(22)17-16-14(19-10-8-15(16)21)9-11-20(17)12-13-6-4-3-5-7-13/h3-8,10,17H,2,9,11-12H2,1H3,(H,19,21). The molecule has 1 aromatic heterocycles. The lowest BCUT2D eigenvalue weighted by Crippen LogP contribution is -2.43. The fourth-order valence-corrected chi connectivity index (χ4v) is 3.08. The molecule has 0 radical (unpaired) electrons. The number of benzene rings is 1. The van der Waals surface area contributed by atoms with Gasteiger partial charge in [-0.15, -0.1) is 0 Å². The Balaban J connectivity index is 1.98. The summed E-state index contributed by atoms with van der Waals surface area (Å²) in [6.07, 6.45) is 2.35. The number of ether oxygens (including phenoxy) is 1.